The molecule has 3 heterocycles. The van der Waals surface area contributed by atoms with E-state index in [2.05, 4.69) is 47.8 Å². The van der Waals surface area contributed by atoms with Crippen molar-refractivity contribution in [3.05, 3.63) is 35.4 Å². The molecule has 0 aromatic carbocycles. The van der Waals surface area contributed by atoms with Crippen LogP contribution in [0.15, 0.2) is 18.6 Å². The Morgan fingerprint density at radius 3 is 2.72 bits per heavy atom. The van der Waals surface area contributed by atoms with Crippen LogP contribution in [0, 0.1) is 13.8 Å². The Morgan fingerprint density at radius 1 is 1.33 bits per heavy atom. The number of imidazole rings is 2. The number of aryl methyl sites for hydroxylation is 2. The number of nitrogens with zero attached hydrogens (tertiary/aromatic N) is 3. The fraction of sp³-hybridized carbons (Fsp3) is 0.308. The maximum Gasteiger partial charge on any atom is 0.211 e. The van der Waals surface area contributed by atoms with Gasteiger partial charge in [0.25, 0.3) is 0 Å². The third kappa shape index (κ3) is 1.41. The van der Waals surface area contributed by atoms with Gasteiger partial charge in [-0.1, -0.05) is 0 Å². The number of hydrogen-bond acceptors (Lipinski definition) is 2. The van der Waals surface area contributed by atoms with Crippen LogP contribution >= 0.6 is 0 Å². The number of hydrogen-bond donors (Lipinski definition) is 2. The first-order valence-electron chi connectivity index (χ1n) is 5.99. The average Bonchev–Trinajstić information content (AvgIpc) is 2.93. The van der Waals surface area contributed by atoms with Crippen LogP contribution in [0.25, 0.3) is 17.2 Å². The van der Waals surface area contributed by atoms with Gasteiger partial charge >= 0.3 is 0 Å². The highest BCUT2D eigenvalue weighted by atomic mass is 15.1. The fourth-order valence-electron chi connectivity index (χ4n) is 2.48. The standard InChI is InChI=1S/C13H17N5/c1-8-6-17(3)12(9(8)2)11-7-18-10(4-14)5-15-13(18)16-11/h5-7H,4,14H2,1-3H3,(H,15,16). The van der Waals surface area contributed by atoms with E-state index in [0.717, 1.165) is 17.2 Å². The van der Waals surface area contributed by atoms with Gasteiger partial charge in [-0.3, -0.25) is 4.40 Å². The molecule has 0 radical (unpaired) electrons. The predicted octanol–water partition coefficient (Wildman–Crippen LogP) is 1.74. The van der Waals surface area contributed by atoms with E-state index in [1.165, 1.54) is 16.8 Å². The molecular formula is C13H17N5. The van der Waals surface area contributed by atoms with Gasteiger partial charge in [0.05, 0.1) is 23.3 Å². The minimum atomic E-state index is 0.490. The normalized spacial score (nSPS) is 11.6. The van der Waals surface area contributed by atoms with Crippen molar-refractivity contribution in [3.63, 3.8) is 0 Å². The molecule has 0 aliphatic heterocycles. The molecule has 0 spiro atoms. The van der Waals surface area contributed by atoms with Crippen molar-refractivity contribution in [3.8, 4) is 11.4 Å². The van der Waals surface area contributed by atoms with Crippen molar-refractivity contribution in [2.24, 2.45) is 12.8 Å². The topological polar surface area (TPSA) is 64.0 Å². The molecule has 0 aliphatic carbocycles. The first-order chi connectivity index (χ1) is 8.61. The molecular weight excluding hydrogens is 226 g/mol. The van der Waals surface area contributed by atoms with Gasteiger partial charge in [-0.25, -0.2) is 4.98 Å². The van der Waals surface area contributed by atoms with Crippen molar-refractivity contribution >= 4 is 5.78 Å². The van der Waals surface area contributed by atoms with Crippen molar-refractivity contribution in [1.82, 2.24) is 18.9 Å². The van der Waals surface area contributed by atoms with Crippen molar-refractivity contribution in [1.29, 1.82) is 0 Å². The first-order valence-corrected chi connectivity index (χ1v) is 5.99. The first kappa shape index (κ1) is 11.1. The molecule has 3 N–H and O–H groups in total. The van der Waals surface area contributed by atoms with Gasteiger partial charge < -0.3 is 15.3 Å². The fourth-order valence-corrected chi connectivity index (χ4v) is 2.48. The number of aromatic amines is 1. The summed E-state index contributed by atoms with van der Waals surface area (Å²) in [5.74, 6) is 0.837. The van der Waals surface area contributed by atoms with Gasteiger partial charge in [0.2, 0.25) is 5.78 Å². The SMILES string of the molecule is Cc1cn(C)c(-c2cn3c(CN)cnc3[nH]2)c1C. The van der Waals surface area contributed by atoms with Crippen LogP contribution in [0.5, 0.6) is 0 Å². The van der Waals surface area contributed by atoms with E-state index < -0.39 is 0 Å². The van der Waals surface area contributed by atoms with Crippen molar-refractivity contribution < 1.29 is 0 Å². The highest BCUT2D eigenvalue weighted by Gasteiger charge is 2.13. The summed E-state index contributed by atoms with van der Waals surface area (Å²) in [6.45, 7) is 4.75. The minimum Gasteiger partial charge on any atom is -0.349 e. The number of aromatic nitrogens is 4. The van der Waals surface area contributed by atoms with E-state index in [-0.39, 0.29) is 0 Å². The molecule has 0 amide bonds. The molecule has 3 aromatic rings. The Morgan fingerprint density at radius 2 is 2.11 bits per heavy atom. The smallest absolute Gasteiger partial charge is 0.211 e. The van der Waals surface area contributed by atoms with Crippen LogP contribution in [0.1, 0.15) is 16.8 Å². The van der Waals surface area contributed by atoms with Crippen LogP contribution in [-0.4, -0.2) is 18.9 Å². The average molecular weight is 243 g/mol. The molecule has 0 saturated heterocycles. The molecule has 18 heavy (non-hydrogen) atoms. The zero-order valence-electron chi connectivity index (χ0n) is 10.9. The van der Waals surface area contributed by atoms with Gasteiger partial charge in [-0.2, -0.15) is 0 Å². The van der Waals surface area contributed by atoms with E-state index in [9.17, 15) is 0 Å². The predicted molar refractivity (Wildman–Crippen MR) is 71.3 cm³/mol. The second kappa shape index (κ2) is 3.74. The lowest BCUT2D eigenvalue weighted by molar-refractivity contribution is 0.926. The Labute approximate surface area is 105 Å². The summed E-state index contributed by atoms with van der Waals surface area (Å²) in [5, 5.41) is 0. The van der Waals surface area contributed by atoms with E-state index >= 15 is 0 Å². The Kier molecular flexibility index (Phi) is 2.31. The Bertz CT molecular complexity index is 713. The molecule has 5 heteroatoms. The van der Waals surface area contributed by atoms with Gasteiger partial charge in [0.1, 0.15) is 0 Å². The van der Waals surface area contributed by atoms with E-state index in [1.54, 1.807) is 6.20 Å². The maximum absolute atomic E-state index is 5.69. The number of fused-ring (bicyclic) bond motifs is 1. The summed E-state index contributed by atoms with van der Waals surface area (Å²) in [7, 11) is 2.06. The summed E-state index contributed by atoms with van der Waals surface area (Å²) >= 11 is 0. The highest BCUT2D eigenvalue weighted by molar-refractivity contribution is 5.64. The lowest BCUT2D eigenvalue weighted by Crippen LogP contribution is -1.98. The molecule has 0 saturated carbocycles. The number of nitrogens with one attached hydrogen (secondary N) is 1. The Hall–Kier alpha value is -2.01. The molecule has 0 aliphatic rings. The van der Waals surface area contributed by atoms with E-state index in [4.69, 9.17) is 5.73 Å². The van der Waals surface area contributed by atoms with Crippen molar-refractivity contribution in [2.75, 3.05) is 0 Å². The summed E-state index contributed by atoms with van der Waals surface area (Å²) in [6, 6.07) is 0. The molecule has 0 atom stereocenters. The number of nitrogens with two attached hydrogens (primary N) is 1. The van der Waals surface area contributed by atoms with Gasteiger partial charge in [0.15, 0.2) is 0 Å². The quantitative estimate of drug-likeness (QED) is 0.720. The zero-order valence-corrected chi connectivity index (χ0v) is 10.9. The van der Waals surface area contributed by atoms with Crippen LogP contribution in [0.4, 0.5) is 0 Å². The molecule has 5 nitrogen and oxygen atoms in total. The summed E-state index contributed by atoms with van der Waals surface area (Å²) < 4.78 is 4.15. The van der Waals surface area contributed by atoms with Crippen LogP contribution in [0.3, 0.4) is 0 Å². The summed E-state index contributed by atoms with van der Waals surface area (Å²) in [4.78, 5) is 7.66. The third-order valence-corrected chi connectivity index (χ3v) is 3.53. The second-order valence-corrected chi connectivity index (χ2v) is 4.71. The summed E-state index contributed by atoms with van der Waals surface area (Å²) in [5.41, 5.74) is 11.5. The lowest BCUT2D eigenvalue weighted by Gasteiger charge is -2.01. The lowest BCUT2D eigenvalue weighted by atomic mass is 10.1. The molecule has 0 unspecified atom stereocenters. The minimum absolute atomic E-state index is 0.490. The second-order valence-electron chi connectivity index (χ2n) is 4.71. The van der Waals surface area contributed by atoms with Gasteiger partial charge in [-0.05, 0) is 25.0 Å². The van der Waals surface area contributed by atoms with Crippen LogP contribution < -0.4 is 5.73 Å². The molecule has 0 fully saturated rings. The Balaban J connectivity index is 2.22. The zero-order chi connectivity index (χ0) is 12.9. The third-order valence-electron chi connectivity index (χ3n) is 3.53. The van der Waals surface area contributed by atoms with E-state index in [0.29, 0.717) is 6.54 Å². The highest BCUT2D eigenvalue weighted by Crippen LogP contribution is 2.26. The van der Waals surface area contributed by atoms with Crippen LogP contribution in [-0.2, 0) is 13.6 Å². The molecule has 3 aromatic heterocycles. The monoisotopic (exact) mass is 243 g/mol. The molecule has 0 bridgehead atoms. The molecule has 94 valence electrons. The van der Waals surface area contributed by atoms with Crippen molar-refractivity contribution in [2.45, 2.75) is 20.4 Å². The van der Waals surface area contributed by atoms with Gasteiger partial charge in [0, 0.05) is 26.0 Å². The maximum atomic E-state index is 5.69. The van der Waals surface area contributed by atoms with Gasteiger partial charge in [-0.15, -0.1) is 0 Å². The van der Waals surface area contributed by atoms with E-state index in [1.807, 2.05) is 4.40 Å². The number of rotatable bonds is 2. The largest absolute Gasteiger partial charge is 0.349 e. The number of H-pyrrole nitrogens is 1. The molecule has 3 rings (SSSR count). The summed E-state index contributed by atoms with van der Waals surface area (Å²) in [6.07, 6.45) is 6.00. The van der Waals surface area contributed by atoms with Crippen LogP contribution in [0.2, 0.25) is 0 Å².